The minimum atomic E-state index is -0.187. The summed E-state index contributed by atoms with van der Waals surface area (Å²) in [6.07, 6.45) is 2.77. The lowest BCUT2D eigenvalue weighted by Crippen LogP contribution is -2.50. The van der Waals surface area contributed by atoms with E-state index in [-0.39, 0.29) is 5.60 Å². The van der Waals surface area contributed by atoms with Gasteiger partial charge < -0.3 is 24.8 Å². The maximum absolute atomic E-state index is 5.90. The summed E-state index contributed by atoms with van der Waals surface area (Å²) < 4.78 is 17.2. The van der Waals surface area contributed by atoms with Crippen LogP contribution >= 0.6 is 0 Å². The molecule has 1 fully saturated rings. The summed E-state index contributed by atoms with van der Waals surface area (Å²) in [5, 5.41) is 6.76. The van der Waals surface area contributed by atoms with Gasteiger partial charge in [0.15, 0.2) is 5.96 Å². The molecule has 6 nitrogen and oxygen atoms in total. The molecular formula is C21H35N3O3. The maximum Gasteiger partial charge on any atom is 0.191 e. The third-order valence-electron chi connectivity index (χ3n) is 4.85. The monoisotopic (exact) mass is 377 g/mol. The lowest BCUT2D eigenvalue weighted by atomic mass is 9.94. The molecule has 6 heteroatoms. The van der Waals surface area contributed by atoms with Gasteiger partial charge in [0.2, 0.25) is 0 Å². The molecule has 1 aliphatic heterocycles. The number of ether oxygens (including phenoxy) is 3. The number of rotatable bonds is 9. The second-order valence-corrected chi connectivity index (χ2v) is 7.01. The van der Waals surface area contributed by atoms with Crippen LogP contribution in [0.4, 0.5) is 0 Å². The van der Waals surface area contributed by atoms with Gasteiger partial charge in [-0.15, -0.1) is 0 Å². The first kappa shape index (κ1) is 21.5. The van der Waals surface area contributed by atoms with Crippen molar-refractivity contribution in [3.8, 4) is 5.75 Å². The smallest absolute Gasteiger partial charge is 0.191 e. The Morgan fingerprint density at radius 1 is 1.22 bits per heavy atom. The van der Waals surface area contributed by atoms with Crippen molar-refractivity contribution in [3.05, 3.63) is 29.3 Å². The Morgan fingerprint density at radius 2 is 2.00 bits per heavy atom. The summed E-state index contributed by atoms with van der Waals surface area (Å²) >= 11 is 0. The van der Waals surface area contributed by atoms with Crippen molar-refractivity contribution in [1.29, 1.82) is 0 Å². The normalized spacial score (nSPS) is 16.8. The molecule has 0 unspecified atom stereocenters. The third kappa shape index (κ3) is 6.70. The first-order valence-corrected chi connectivity index (χ1v) is 10.00. The molecule has 0 bridgehead atoms. The Hall–Kier alpha value is -1.79. The molecule has 0 atom stereocenters. The van der Waals surface area contributed by atoms with Crippen LogP contribution in [0.1, 0.15) is 44.2 Å². The molecule has 152 valence electrons. The van der Waals surface area contributed by atoms with E-state index in [1.165, 1.54) is 5.56 Å². The molecule has 0 aromatic heterocycles. The van der Waals surface area contributed by atoms with Gasteiger partial charge in [0.1, 0.15) is 5.75 Å². The van der Waals surface area contributed by atoms with E-state index in [1.807, 2.05) is 0 Å². The second-order valence-electron chi connectivity index (χ2n) is 7.01. The van der Waals surface area contributed by atoms with Crippen LogP contribution in [0.3, 0.4) is 0 Å². The van der Waals surface area contributed by atoms with E-state index in [2.05, 4.69) is 49.6 Å². The van der Waals surface area contributed by atoms with Crippen LogP contribution in [0.5, 0.6) is 5.75 Å². The first-order chi connectivity index (χ1) is 13.1. The number of benzene rings is 1. The lowest BCUT2D eigenvalue weighted by Gasteiger charge is -2.36. The summed E-state index contributed by atoms with van der Waals surface area (Å²) in [6.45, 7) is 10.6. The fourth-order valence-electron chi connectivity index (χ4n) is 3.09. The Bertz CT molecular complexity index is 598. The number of nitrogens with zero attached hydrogens (tertiary/aromatic N) is 1. The highest BCUT2D eigenvalue weighted by Gasteiger charge is 2.32. The van der Waals surface area contributed by atoms with E-state index in [4.69, 9.17) is 19.2 Å². The highest BCUT2D eigenvalue weighted by atomic mass is 16.5. The zero-order valence-electron chi connectivity index (χ0n) is 17.3. The minimum Gasteiger partial charge on any atom is -0.493 e. The largest absolute Gasteiger partial charge is 0.493 e. The summed E-state index contributed by atoms with van der Waals surface area (Å²) in [5.74, 6) is 1.72. The topological polar surface area (TPSA) is 64.1 Å². The molecule has 2 rings (SSSR count). The van der Waals surface area contributed by atoms with E-state index in [0.29, 0.717) is 13.1 Å². The van der Waals surface area contributed by atoms with E-state index >= 15 is 0 Å². The molecule has 1 aromatic carbocycles. The quantitative estimate of drug-likeness (QED) is 0.512. The molecule has 1 aliphatic rings. The standard InChI is InChI=1S/C21H35N3O3/c1-5-11-27-19-14-17(3)7-8-18(19)15-23-20(22-6-2)24-16-21(25-4)9-12-26-13-10-21/h7-8,14H,5-6,9-13,15-16H2,1-4H3,(H2,22,23,24). The third-order valence-corrected chi connectivity index (χ3v) is 4.85. The highest BCUT2D eigenvalue weighted by Crippen LogP contribution is 2.24. The number of hydrogen-bond donors (Lipinski definition) is 2. The molecule has 0 spiro atoms. The maximum atomic E-state index is 5.90. The molecule has 1 aromatic rings. The van der Waals surface area contributed by atoms with E-state index in [1.54, 1.807) is 7.11 Å². The first-order valence-electron chi connectivity index (χ1n) is 10.00. The van der Waals surface area contributed by atoms with Gasteiger partial charge in [-0.2, -0.15) is 0 Å². The average Bonchev–Trinajstić information content (AvgIpc) is 2.70. The summed E-state index contributed by atoms with van der Waals surface area (Å²) in [6, 6.07) is 6.29. The second kappa shape index (κ2) is 11.1. The van der Waals surface area contributed by atoms with Crippen molar-refractivity contribution in [2.24, 2.45) is 4.99 Å². The predicted octanol–water partition coefficient (Wildman–Crippen LogP) is 3.03. The fraction of sp³-hybridized carbons (Fsp3) is 0.667. The number of methoxy groups -OCH3 is 1. The molecule has 0 saturated carbocycles. The van der Waals surface area contributed by atoms with Crippen molar-refractivity contribution in [3.63, 3.8) is 0 Å². The Morgan fingerprint density at radius 3 is 2.67 bits per heavy atom. The molecule has 2 N–H and O–H groups in total. The molecule has 1 heterocycles. The van der Waals surface area contributed by atoms with Gasteiger partial charge in [0, 0.05) is 51.8 Å². The average molecular weight is 378 g/mol. The Labute approximate surface area is 163 Å². The highest BCUT2D eigenvalue weighted by molar-refractivity contribution is 5.79. The van der Waals surface area contributed by atoms with Crippen LogP contribution in [0.25, 0.3) is 0 Å². The van der Waals surface area contributed by atoms with Gasteiger partial charge in [-0.1, -0.05) is 19.1 Å². The Kier molecular flexibility index (Phi) is 8.88. The van der Waals surface area contributed by atoms with Gasteiger partial charge in [0.25, 0.3) is 0 Å². The molecule has 1 saturated heterocycles. The molecule has 27 heavy (non-hydrogen) atoms. The van der Waals surface area contributed by atoms with Crippen molar-refractivity contribution < 1.29 is 14.2 Å². The van der Waals surface area contributed by atoms with Crippen LogP contribution in [-0.2, 0) is 16.0 Å². The van der Waals surface area contributed by atoms with Crippen LogP contribution in [-0.4, -0.2) is 51.6 Å². The van der Waals surface area contributed by atoms with Crippen LogP contribution in [0, 0.1) is 6.92 Å². The van der Waals surface area contributed by atoms with E-state index in [0.717, 1.165) is 62.9 Å². The summed E-state index contributed by atoms with van der Waals surface area (Å²) in [5.41, 5.74) is 2.10. The minimum absolute atomic E-state index is 0.187. The number of nitrogens with one attached hydrogen (secondary N) is 2. The van der Waals surface area contributed by atoms with Gasteiger partial charge in [0.05, 0.1) is 18.8 Å². The van der Waals surface area contributed by atoms with Crippen molar-refractivity contribution in [2.75, 3.05) is 40.0 Å². The van der Waals surface area contributed by atoms with Crippen LogP contribution in [0.2, 0.25) is 0 Å². The molecule has 0 radical (unpaired) electrons. The number of aliphatic imine (C=N–C) groups is 1. The molecule has 0 aliphatic carbocycles. The van der Waals surface area contributed by atoms with Gasteiger partial charge in [-0.25, -0.2) is 4.99 Å². The van der Waals surface area contributed by atoms with Crippen molar-refractivity contribution in [2.45, 2.75) is 52.2 Å². The summed E-state index contributed by atoms with van der Waals surface area (Å²) in [7, 11) is 1.78. The predicted molar refractivity (Wildman–Crippen MR) is 110 cm³/mol. The van der Waals surface area contributed by atoms with Crippen molar-refractivity contribution in [1.82, 2.24) is 10.6 Å². The SMILES string of the molecule is CCCOc1cc(C)ccc1CN=C(NCC)NCC1(OC)CCOCC1. The van der Waals surface area contributed by atoms with Crippen LogP contribution in [0.15, 0.2) is 23.2 Å². The number of aryl methyl sites for hydroxylation is 1. The Balaban J connectivity index is 2.04. The van der Waals surface area contributed by atoms with E-state index < -0.39 is 0 Å². The zero-order valence-corrected chi connectivity index (χ0v) is 17.3. The zero-order chi connectivity index (χ0) is 19.5. The fourth-order valence-corrected chi connectivity index (χ4v) is 3.09. The van der Waals surface area contributed by atoms with Gasteiger partial charge >= 0.3 is 0 Å². The molecular weight excluding hydrogens is 342 g/mol. The number of guanidine groups is 1. The molecule has 0 amide bonds. The van der Waals surface area contributed by atoms with Gasteiger partial charge in [-0.3, -0.25) is 0 Å². The lowest BCUT2D eigenvalue weighted by molar-refractivity contribution is -0.0855. The van der Waals surface area contributed by atoms with Gasteiger partial charge in [-0.05, 0) is 31.9 Å². The van der Waals surface area contributed by atoms with Crippen molar-refractivity contribution >= 4 is 5.96 Å². The van der Waals surface area contributed by atoms with E-state index in [9.17, 15) is 0 Å². The van der Waals surface area contributed by atoms with Crippen LogP contribution < -0.4 is 15.4 Å². The summed E-state index contributed by atoms with van der Waals surface area (Å²) in [4.78, 5) is 4.76. The number of hydrogen-bond acceptors (Lipinski definition) is 4.